The van der Waals surface area contributed by atoms with E-state index < -0.39 is 11.7 Å². The van der Waals surface area contributed by atoms with E-state index in [0.717, 1.165) is 32.7 Å². The van der Waals surface area contributed by atoms with E-state index in [4.69, 9.17) is 4.74 Å². The van der Waals surface area contributed by atoms with Crippen LogP contribution in [0.2, 0.25) is 0 Å². The first-order valence-corrected chi connectivity index (χ1v) is 7.79. The molecule has 0 bridgehead atoms. The predicted octanol–water partition coefficient (Wildman–Crippen LogP) is 1.46. The maximum atomic E-state index is 12.0. The standard InChI is InChI=1S/C15H29N3O3/c1-5-17-9-11-18(12-10-17)13(19)7-6-8-16-14(20)21-15(2,3)4/h5-12H2,1-4H3,(H,16,20). The lowest BCUT2D eigenvalue weighted by Crippen LogP contribution is -2.48. The van der Waals surface area contributed by atoms with Gasteiger partial charge in [0, 0.05) is 39.1 Å². The van der Waals surface area contributed by atoms with Crippen LogP contribution in [0, 0.1) is 0 Å². The molecule has 0 atom stereocenters. The molecule has 1 heterocycles. The zero-order chi connectivity index (χ0) is 15.9. The van der Waals surface area contributed by atoms with Crippen LogP contribution < -0.4 is 5.32 Å². The smallest absolute Gasteiger partial charge is 0.407 e. The molecular formula is C15H29N3O3. The maximum Gasteiger partial charge on any atom is 0.407 e. The molecule has 1 rings (SSSR count). The van der Waals surface area contributed by atoms with E-state index in [1.165, 1.54) is 0 Å². The van der Waals surface area contributed by atoms with Crippen molar-refractivity contribution in [2.75, 3.05) is 39.3 Å². The van der Waals surface area contributed by atoms with Crippen molar-refractivity contribution in [2.24, 2.45) is 0 Å². The molecule has 2 amide bonds. The molecule has 1 N–H and O–H groups in total. The number of carbonyl (C=O) groups excluding carboxylic acids is 2. The molecule has 0 spiro atoms. The Bertz CT molecular complexity index is 345. The van der Waals surface area contributed by atoms with Crippen LogP contribution in [-0.2, 0) is 9.53 Å². The zero-order valence-corrected chi connectivity index (χ0v) is 13.8. The largest absolute Gasteiger partial charge is 0.444 e. The molecule has 0 aromatic heterocycles. The summed E-state index contributed by atoms with van der Waals surface area (Å²) < 4.78 is 5.13. The number of amides is 2. The highest BCUT2D eigenvalue weighted by atomic mass is 16.6. The molecular weight excluding hydrogens is 270 g/mol. The lowest BCUT2D eigenvalue weighted by molar-refractivity contribution is -0.133. The number of nitrogens with one attached hydrogen (secondary N) is 1. The Kier molecular flexibility index (Phi) is 6.95. The summed E-state index contributed by atoms with van der Waals surface area (Å²) in [4.78, 5) is 27.7. The van der Waals surface area contributed by atoms with Crippen LogP contribution in [0.4, 0.5) is 4.79 Å². The zero-order valence-electron chi connectivity index (χ0n) is 13.8. The third-order valence-electron chi connectivity index (χ3n) is 3.41. The quantitative estimate of drug-likeness (QED) is 0.781. The average molecular weight is 299 g/mol. The van der Waals surface area contributed by atoms with Gasteiger partial charge in [-0.05, 0) is 33.7 Å². The molecule has 0 unspecified atom stereocenters. The third-order valence-corrected chi connectivity index (χ3v) is 3.41. The van der Waals surface area contributed by atoms with E-state index in [-0.39, 0.29) is 5.91 Å². The Hall–Kier alpha value is -1.30. The Labute approximate surface area is 127 Å². The first-order chi connectivity index (χ1) is 9.81. The molecule has 0 aromatic rings. The molecule has 0 radical (unpaired) electrons. The highest BCUT2D eigenvalue weighted by Gasteiger charge is 2.20. The number of hydrogen-bond acceptors (Lipinski definition) is 4. The molecule has 1 fully saturated rings. The van der Waals surface area contributed by atoms with Crippen LogP contribution in [0.1, 0.15) is 40.5 Å². The minimum absolute atomic E-state index is 0.178. The summed E-state index contributed by atoms with van der Waals surface area (Å²) in [5.74, 6) is 0.178. The fourth-order valence-electron chi connectivity index (χ4n) is 2.22. The van der Waals surface area contributed by atoms with Gasteiger partial charge in [-0.25, -0.2) is 4.79 Å². The van der Waals surface area contributed by atoms with Gasteiger partial charge >= 0.3 is 6.09 Å². The predicted molar refractivity (Wildman–Crippen MR) is 82.2 cm³/mol. The third kappa shape index (κ3) is 7.32. The van der Waals surface area contributed by atoms with E-state index in [0.29, 0.717) is 19.4 Å². The van der Waals surface area contributed by atoms with Gasteiger partial charge in [0.05, 0.1) is 0 Å². The van der Waals surface area contributed by atoms with E-state index in [2.05, 4.69) is 17.1 Å². The summed E-state index contributed by atoms with van der Waals surface area (Å²) in [7, 11) is 0. The number of rotatable bonds is 5. The van der Waals surface area contributed by atoms with Crippen molar-refractivity contribution in [1.82, 2.24) is 15.1 Å². The Morgan fingerprint density at radius 1 is 1.14 bits per heavy atom. The first kappa shape index (κ1) is 17.8. The molecule has 6 nitrogen and oxygen atoms in total. The van der Waals surface area contributed by atoms with Crippen LogP contribution >= 0.6 is 0 Å². The number of ether oxygens (including phenoxy) is 1. The van der Waals surface area contributed by atoms with Crippen molar-refractivity contribution in [3.05, 3.63) is 0 Å². The van der Waals surface area contributed by atoms with Gasteiger partial charge in [-0.1, -0.05) is 6.92 Å². The van der Waals surface area contributed by atoms with Crippen molar-refractivity contribution in [2.45, 2.75) is 46.1 Å². The van der Waals surface area contributed by atoms with Crippen molar-refractivity contribution in [3.8, 4) is 0 Å². The second kappa shape index (κ2) is 8.22. The van der Waals surface area contributed by atoms with Crippen LogP contribution in [0.15, 0.2) is 0 Å². The number of carbonyl (C=O) groups is 2. The van der Waals surface area contributed by atoms with Crippen molar-refractivity contribution in [1.29, 1.82) is 0 Å². The molecule has 21 heavy (non-hydrogen) atoms. The summed E-state index contributed by atoms with van der Waals surface area (Å²) in [5, 5.41) is 2.67. The summed E-state index contributed by atoms with van der Waals surface area (Å²) in [6.07, 6.45) is 0.695. The van der Waals surface area contributed by atoms with Gasteiger partial charge in [-0.3, -0.25) is 4.79 Å². The van der Waals surface area contributed by atoms with Crippen LogP contribution in [-0.4, -0.2) is 66.7 Å². The molecule has 0 saturated carbocycles. The normalized spacial score (nSPS) is 16.7. The fourth-order valence-corrected chi connectivity index (χ4v) is 2.22. The topological polar surface area (TPSA) is 61.9 Å². The monoisotopic (exact) mass is 299 g/mol. The van der Waals surface area contributed by atoms with E-state index in [1.54, 1.807) is 0 Å². The van der Waals surface area contributed by atoms with E-state index >= 15 is 0 Å². The first-order valence-electron chi connectivity index (χ1n) is 7.79. The summed E-state index contributed by atoms with van der Waals surface area (Å²) in [6, 6.07) is 0. The van der Waals surface area contributed by atoms with Crippen LogP contribution in [0.3, 0.4) is 0 Å². The summed E-state index contributed by atoms with van der Waals surface area (Å²) in [5.41, 5.74) is -0.487. The van der Waals surface area contributed by atoms with Gasteiger partial charge in [0.2, 0.25) is 5.91 Å². The van der Waals surface area contributed by atoms with Crippen molar-refractivity contribution >= 4 is 12.0 Å². The molecule has 122 valence electrons. The van der Waals surface area contributed by atoms with Crippen molar-refractivity contribution in [3.63, 3.8) is 0 Å². The van der Waals surface area contributed by atoms with Gasteiger partial charge < -0.3 is 19.9 Å². The molecule has 1 aliphatic heterocycles. The van der Waals surface area contributed by atoms with Gasteiger partial charge in [0.15, 0.2) is 0 Å². The van der Waals surface area contributed by atoms with E-state index in [1.807, 2.05) is 25.7 Å². The highest BCUT2D eigenvalue weighted by Crippen LogP contribution is 2.07. The van der Waals surface area contributed by atoms with E-state index in [9.17, 15) is 9.59 Å². The Morgan fingerprint density at radius 2 is 1.76 bits per heavy atom. The minimum Gasteiger partial charge on any atom is -0.444 e. The summed E-state index contributed by atoms with van der Waals surface area (Å²) >= 11 is 0. The minimum atomic E-state index is -0.487. The molecule has 1 saturated heterocycles. The number of hydrogen-bond donors (Lipinski definition) is 1. The Morgan fingerprint density at radius 3 is 2.29 bits per heavy atom. The van der Waals surface area contributed by atoms with Crippen LogP contribution in [0.5, 0.6) is 0 Å². The van der Waals surface area contributed by atoms with Gasteiger partial charge in [0.1, 0.15) is 5.60 Å². The molecule has 0 aliphatic carbocycles. The van der Waals surface area contributed by atoms with Gasteiger partial charge in [-0.15, -0.1) is 0 Å². The fraction of sp³-hybridized carbons (Fsp3) is 0.867. The highest BCUT2D eigenvalue weighted by molar-refractivity contribution is 5.76. The van der Waals surface area contributed by atoms with Crippen molar-refractivity contribution < 1.29 is 14.3 Å². The van der Waals surface area contributed by atoms with Gasteiger partial charge in [-0.2, -0.15) is 0 Å². The molecule has 0 aromatic carbocycles. The lowest BCUT2D eigenvalue weighted by Gasteiger charge is -2.34. The Balaban J connectivity index is 2.13. The van der Waals surface area contributed by atoms with Gasteiger partial charge in [0.25, 0.3) is 0 Å². The molecule has 6 heteroatoms. The van der Waals surface area contributed by atoms with Crippen LogP contribution in [0.25, 0.3) is 0 Å². The number of piperazine rings is 1. The summed E-state index contributed by atoms with van der Waals surface area (Å²) in [6.45, 7) is 12.7. The lowest BCUT2D eigenvalue weighted by atomic mass is 10.2. The molecule has 1 aliphatic rings. The SMILES string of the molecule is CCN1CCN(C(=O)CCCNC(=O)OC(C)(C)C)CC1. The average Bonchev–Trinajstić information content (AvgIpc) is 2.41. The number of alkyl carbamates (subject to hydrolysis) is 1. The number of nitrogens with zero attached hydrogens (tertiary/aromatic N) is 2. The number of likely N-dealkylation sites (N-methyl/N-ethyl adjacent to an activating group) is 1. The second-order valence-electron chi connectivity index (χ2n) is 6.35. The maximum absolute atomic E-state index is 12.0. The second-order valence-corrected chi connectivity index (χ2v) is 6.35.